The fourth-order valence-corrected chi connectivity index (χ4v) is 2.51. The molecule has 0 saturated heterocycles. The highest BCUT2D eigenvalue weighted by atomic mass is 35.5. The molecule has 6 nitrogen and oxygen atoms in total. The number of hydrogen-bond donors (Lipinski definition) is 3. The predicted octanol–water partition coefficient (Wildman–Crippen LogP) is 3.76. The third kappa shape index (κ3) is 4.12. The van der Waals surface area contributed by atoms with Crippen molar-refractivity contribution < 1.29 is 14.2 Å². The molecule has 0 spiro atoms. The van der Waals surface area contributed by atoms with Gasteiger partial charge in [0.05, 0.1) is 37.7 Å². The van der Waals surface area contributed by atoms with Gasteiger partial charge in [0.25, 0.3) is 0 Å². The fourth-order valence-electron chi connectivity index (χ4n) is 2.04. The molecule has 128 valence electrons. The first kappa shape index (κ1) is 18.0. The Morgan fingerprint density at radius 2 is 1.50 bits per heavy atom. The molecule has 0 radical (unpaired) electrons. The van der Waals surface area contributed by atoms with E-state index in [9.17, 15) is 0 Å². The van der Waals surface area contributed by atoms with Gasteiger partial charge in [-0.25, -0.2) is 0 Å². The summed E-state index contributed by atoms with van der Waals surface area (Å²) < 4.78 is 15.8. The van der Waals surface area contributed by atoms with Crippen molar-refractivity contribution in [2.45, 2.75) is 0 Å². The molecule has 0 fully saturated rings. The van der Waals surface area contributed by atoms with Gasteiger partial charge in [0.15, 0.2) is 5.11 Å². The van der Waals surface area contributed by atoms with Crippen LogP contribution in [0, 0.1) is 0 Å². The minimum Gasteiger partial charge on any atom is -0.495 e. The van der Waals surface area contributed by atoms with Crippen molar-refractivity contribution >= 4 is 46.0 Å². The molecule has 2 aromatic rings. The zero-order valence-electron chi connectivity index (χ0n) is 13.5. The van der Waals surface area contributed by atoms with Crippen molar-refractivity contribution in [2.24, 2.45) is 0 Å². The topological polar surface area (TPSA) is 77.8 Å². The van der Waals surface area contributed by atoms with Crippen molar-refractivity contribution in [3.8, 4) is 17.2 Å². The predicted molar refractivity (Wildman–Crippen MR) is 102 cm³/mol. The normalized spacial score (nSPS) is 10.0. The molecule has 4 N–H and O–H groups in total. The Kier molecular flexibility index (Phi) is 5.94. The van der Waals surface area contributed by atoms with Gasteiger partial charge in [0.2, 0.25) is 0 Å². The number of nitrogens with one attached hydrogen (secondary N) is 2. The van der Waals surface area contributed by atoms with Crippen molar-refractivity contribution in [3.63, 3.8) is 0 Å². The lowest BCUT2D eigenvalue weighted by Crippen LogP contribution is -2.20. The lowest BCUT2D eigenvalue weighted by molar-refractivity contribution is 0.396. The number of halogens is 1. The molecule has 2 aromatic carbocycles. The SMILES string of the molecule is COc1cc(OC)c(NC(=S)Nc2ccc(N)cc2OC)cc1Cl. The molecule has 0 aliphatic rings. The first-order chi connectivity index (χ1) is 11.5. The van der Waals surface area contributed by atoms with Crippen molar-refractivity contribution in [2.75, 3.05) is 37.7 Å². The maximum Gasteiger partial charge on any atom is 0.175 e. The van der Waals surface area contributed by atoms with E-state index in [2.05, 4.69) is 10.6 Å². The van der Waals surface area contributed by atoms with E-state index >= 15 is 0 Å². The largest absolute Gasteiger partial charge is 0.495 e. The number of nitrogen functional groups attached to an aromatic ring is 1. The number of thiocarbonyl (C=S) groups is 1. The molecular formula is C16H18ClN3O3S. The van der Waals surface area contributed by atoms with E-state index in [-0.39, 0.29) is 0 Å². The molecule has 24 heavy (non-hydrogen) atoms. The summed E-state index contributed by atoms with van der Waals surface area (Å²) in [6.45, 7) is 0. The summed E-state index contributed by atoms with van der Waals surface area (Å²) in [7, 11) is 4.64. The standard InChI is InChI=1S/C16H18ClN3O3S/c1-21-13-8-15(23-3)12(7-10(13)17)20-16(24)19-11-5-4-9(18)6-14(11)22-2/h4-8H,18H2,1-3H3,(H2,19,20,24). The first-order valence-electron chi connectivity index (χ1n) is 6.91. The van der Waals surface area contributed by atoms with E-state index in [0.717, 1.165) is 0 Å². The molecule has 2 rings (SSSR count). The molecule has 0 aliphatic heterocycles. The summed E-state index contributed by atoms with van der Waals surface area (Å²) in [5.41, 5.74) is 7.63. The maximum atomic E-state index is 6.15. The van der Waals surface area contributed by atoms with Gasteiger partial charge in [-0.3, -0.25) is 0 Å². The number of nitrogens with two attached hydrogens (primary N) is 1. The third-order valence-electron chi connectivity index (χ3n) is 3.20. The smallest absolute Gasteiger partial charge is 0.175 e. The van der Waals surface area contributed by atoms with Crippen LogP contribution in [-0.2, 0) is 0 Å². The van der Waals surface area contributed by atoms with Gasteiger partial charge in [-0.05, 0) is 30.4 Å². The van der Waals surface area contributed by atoms with Crippen LogP contribution in [0.25, 0.3) is 0 Å². The second-order valence-corrected chi connectivity index (χ2v) is 5.54. The highest BCUT2D eigenvalue weighted by Crippen LogP contribution is 2.36. The summed E-state index contributed by atoms with van der Waals surface area (Å²) in [5.74, 6) is 1.64. The van der Waals surface area contributed by atoms with E-state index in [1.165, 1.54) is 7.11 Å². The minimum atomic E-state index is 0.345. The Hall–Kier alpha value is -2.38. The quantitative estimate of drug-likeness (QED) is 0.548. The number of methoxy groups -OCH3 is 3. The third-order valence-corrected chi connectivity index (χ3v) is 3.70. The maximum absolute atomic E-state index is 6.15. The zero-order chi connectivity index (χ0) is 17.7. The molecule has 0 aliphatic carbocycles. The summed E-state index contributed by atoms with van der Waals surface area (Å²) in [6.07, 6.45) is 0. The van der Waals surface area contributed by atoms with Crippen LogP contribution in [0.3, 0.4) is 0 Å². The van der Waals surface area contributed by atoms with Crippen LogP contribution >= 0.6 is 23.8 Å². The molecule has 0 unspecified atom stereocenters. The number of rotatable bonds is 5. The Labute approximate surface area is 150 Å². The van der Waals surface area contributed by atoms with Gasteiger partial charge < -0.3 is 30.6 Å². The second kappa shape index (κ2) is 7.94. The van der Waals surface area contributed by atoms with Crippen LogP contribution in [0.15, 0.2) is 30.3 Å². The minimum absolute atomic E-state index is 0.345. The average molecular weight is 368 g/mol. The molecule has 0 saturated carbocycles. The summed E-state index contributed by atoms with van der Waals surface area (Å²) in [4.78, 5) is 0. The van der Waals surface area contributed by atoms with Gasteiger partial charge in [0, 0.05) is 17.8 Å². The van der Waals surface area contributed by atoms with Crippen molar-refractivity contribution in [3.05, 3.63) is 35.4 Å². The Balaban J connectivity index is 2.20. The summed E-state index contributed by atoms with van der Waals surface area (Å²) >= 11 is 11.5. The Morgan fingerprint density at radius 3 is 2.12 bits per heavy atom. The van der Waals surface area contributed by atoms with E-state index in [1.54, 1.807) is 44.6 Å². The molecule has 0 heterocycles. The summed E-state index contributed by atoms with van der Waals surface area (Å²) in [5, 5.41) is 6.87. The van der Waals surface area contributed by atoms with Crippen LogP contribution in [0.5, 0.6) is 17.2 Å². The van der Waals surface area contributed by atoms with Gasteiger partial charge in [-0.15, -0.1) is 0 Å². The van der Waals surface area contributed by atoms with E-state index in [0.29, 0.717) is 44.4 Å². The number of benzene rings is 2. The molecule has 0 aromatic heterocycles. The van der Waals surface area contributed by atoms with Crippen LogP contribution in [0.1, 0.15) is 0 Å². The highest BCUT2D eigenvalue weighted by molar-refractivity contribution is 7.80. The molecular weight excluding hydrogens is 350 g/mol. The van der Waals surface area contributed by atoms with Gasteiger partial charge >= 0.3 is 0 Å². The molecule has 0 bridgehead atoms. The van der Waals surface area contributed by atoms with Gasteiger partial charge in [-0.2, -0.15) is 0 Å². The second-order valence-electron chi connectivity index (χ2n) is 4.73. The van der Waals surface area contributed by atoms with Crippen molar-refractivity contribution in [1.29, 1.82) is 0 Å². The number of ether oxygens (including phenoxy) is 3. The Morgan fingerprint density at radius 1 is 0.917 bits per heavy atom. The van der Waals surface area contributed by atoms with Crippen LogP contribution in [0.4, 0.5) is 17.1 Å². The molecule has 0 atom stereocenters. The monoisotopic (exact) mass is 367 g/mol. The molecule has 0 amide bonds. The van der Waals surface area contributed by atoms with Gasteiger partial charge in [-0.1, -0.05) is 11.6 Å². The Bertz CT molecular complexity index is 756. The van der Waals surface area contributed by atoms with Crippen LogP contribution in [0.2, 0.25) is 5.02 Å². The van der Waals surface area contributed by atoms with E-state index in [4.69, 9.17) is 43.8 Å². The molecule has 8 heteroatoms. The number of anilines is 3. The average Bonchev–Trinajstić information content (AvgIpc) is 2.56. The lowest BCUT2D eigenvalue weighted by atomic mass is 10.2. The number of hydrogen-bond acceptors (Lipinski definition) is 5. The van der Waals surface area contributed by atoms with Crippen LogP contribution in [-0.4, -0.2) is 26.4 Å². The lowest BCUT2D eigenvalue weighted by Gasteiger charge is -2.16. The first-order valence-corrected chi connectivity index (χ1v) is 7.70. The van der Waals surface area contributed by atoms with Crippen molar-refractivity contribution in [1.82, 2.24) is 0 Å². The van der Waals surface area contributed by atoms with Crippen LogP contribution < -0.4 is 30.6 Å². The van der Waals surface area contributed by atoms with E-state index < -0.39 is 0 Å². The zero-order valence-corrected chi connectivity index (χ0v) is 15.0. The van der Waals surface area contributed by atoms with E-state index in [1.807, 2.05) is 0 Å². The summed E-state index contributed by atoms with van der Waals surface area (Å²) in [6, 6.07) is 8.58. The highest BCUT2D eigenvalue weighted by Gasteiger charge is 2.12. The fraction of sp³-hybridized carbons (Fsp3) is 0.188. The van der Waals surface area contributed by atoms with Gasteiger partial charge in [0.1, 0.15) is 17.2 Å².